The summed E-state index contributed by atoms with van der Waals surface area (Å²) in [6.45, 7) is 4.83. The summed E-state index contributed by atoms with van der Waals surface area (Å²) in [5.41, 5.74) is 9.50. The number of nitrogen functional groups attached to an aromatic ring is 1. The highest BCUT2D eigenvalue weighted by Gasteiger charge is 2.12. The molecule has 1 aromatic carbocycles. The summed E-state index contributed by atoms with van der Waals surface area (Å²) >= 11 is 0. The van der Waals surface area contributed by atoms with Crippen LogP contribution in [0.25, 0.3) is 10.8 Å². The molecule has 0 saturated carbocycles. The van der Waals surface area contributed by atoms with E-state index in [4.69, 9.17) is 10.8 Å². The molecule has 0 aliphatic carbocycles. The second-order valence-electron chi connectivity index (χ2n) is 6.64. The Bertz CT molecular complexity index is 860. The van der Waals surface area contributed by atoms with Gasteiger partial charge in [0.15, 0.2) is 0 Å². The number of hydrogen-bond acceptors (Lipinski definition) is 5. The number of aromatic nitrogens is 2. The van der Waals surface area contributed by atoms with Crippen molar-refractivity contribution in [3.8, 4) is 0 Å². The highest BCUT2D eigenvalue weighted by molar-refractivity contribution is 5.84. The van der Waals surface area contributed by atoms with Gasteiger partial charge in [0.05, 0.1) is 0 Å². The number of pyridine rings is 2. The molecule has 0 saturated heterocycles. The number of unbranched alkanes of at least 4 members (excludes halogenated alkanes) is 1. The van der Waals surface area contributed by atoms with Gasteiger partial charge in [-0.2, -0.15) is 0 Å². The van der Waals surface area contributed by atoms with Gasteiger partial charge < -0.3 is 10.8 Å². The van der Waals surface area contributed by atoms with Crippen molar-refractivity contribution in [2.75, 3.05) is 18.9 Å². The van der Waals surface area contributed by atoms with Crippen molar-refractivity contribution in [2.45, 2.75) is 32.9 Å². The van der Waals surface area contributed by atoms with Crippen LogP contribution in [0.4, 0.5) is 5.82 Å². The lowest BCUT2D eigenvalue weighted by molar-refractivity contribution is 0.230. The van der Waals surface area contributed by atoms with E-state index in [1.165, 1.54) is 16.5 Å². The van der Waals surface area contributed by atoms with Gasteiger partial charge in [0.25, 0.3) is 0 Å². The fraction of sp³-hybridized carbons (Fsp3) is 0.333. The van der Waals surface area contributed by atoms with Gasteiger partial charge in [0, 0.05) is 43.7 Å². The molecule has 0 aliphatic rings. The summed E-state index contributed by atoms with van der Waals surface area (Å²) in [6.07, 6.45) is 7.29. The largest absolute Gasteiger partial charge is 0.396 e. The van der Waals surface area contributed by atoms with Gasteiger partial charge in [-0.3, -0.25) is 9.88 Å². The number of fused-ring (bicyclic) bond motifs is 1. The van der Waals surface area contributed by atoms with Crippen molar-refractivity contribution in [3.05, 3.63) is 65.6 Å². The molecule has 0 fully saturated rings. The first-order chi connectivity index (χ1) is 12.7. The summed E-state index contributed by atoms with van der Waals surface area (Å²) in [6, 6.07) is 10.5. The quantitative estimate of drug-likeness (QED) is 0.610. The third kappa shape index (κ3) is 4.36. The maximum absolute atomic E-state index is 9.13. The molecule has 5 nitrogen and oxygen atoms in total. The van der Waals surface area contributed by atoms with Crippen LogP contribution in [0.1, 0.15) is 29.5 Å². The fourth-order valence-corrected chi connectivity index (χ4v) is 3.24. The second-order valence-corrected chi connectivity index (χ2v) is 6.64. The Balaban J connectivity index is 1.84. The summed E-state index contributed by atoms with van der Waals surface area (Å²) in [4.78, 5) is 10.8. The van der Waals surface area contributed by atoms with Crippen molar-refractivity contribution >= 4 is 16.6 Å². The first kappa shape index (κ1) is 18.3. The fourth-order valence-electron chi connectivity index (χ4n) is 3.24. The summed E-state index contributed by atoms with van der Waals surface area (Å²) < 4.78 is 0. The Morgan fingerprint density at radius 2 is 1.88 bits per heavy atom. The molecule has 0 radical (unpaired) electrons. The maximum Gasteiger partial charge on any atom is 0.126 e. The third-order valence-electron chi connectivity index (χ3n) is 4.80. The highest BCUT2D eigenvalue weighted by Crippen LogP contribution is 2.22. The van der Waals surface area contributed by atoms with E-state index in [-0.39, 0.29) is 6.61 Å². The Kier molecular flexibility index (Phi) is 6.15. The van der Waals surface area contributed by atoms with Crippen LogP contribution in [0.2, 0.25) is 0 Å². The number of rotatable bonds is 8. The molecule has 3 N–H and O–H groups in total. The SMILES string of the molecule is Cc1c(CN(CCCCO)Cc2cccc3cnccc23)ccnc1N. The Morgan fingerprint density at radius 1 is 1.04 bits per heavy atom. The van der Waals surface area contributed by atoms with Gasteiger partial charge >= 0.3 is 0 Å². The van der Waals surface area contributed by atoms with Gasteiger partial charge in [0.1, 0.15) is 5.82 Å². The van der Waals surface area contributed by atoms with E-state index in [1.807, 2.05) is 25.4 Å². The summed E-state index contributed by atoms with van der Waals surface area (Å²) in [7, 11) is 0. The minimum atomic E-state index is 0.231. The number of aliphatic hydroxyl groups excluding tert-OH is 1. The molecule has 0 aliphatic heterocycles. The van der Waals surface area contributed by atoms with Gasteiger partial charge in [-0.15, -0.1) is 0 Å². The predicted molar refractivity (Wildman–Crippen MR) is 106 cm³/mol. The molecule has 5 heteroatoms. The minimum Gasteiger partial charge on any atom is -0.396 e. The van der Waals surface area contributed by atoms with E-state index >= 15 is 0 Å². The van der Waals surface area contributed by atoms with Gasteiger partial charge in [-0.05, 0) is 60.5 Å². The predicted octanol–water partition coefficient (Wildman–Crippen LogP) is 3.30. The Morgan fingerprint density at radius 3 is 2.73 bits per heavy atom. The molecule has 2 heterocycles. The molecular weight excluding hydrogens is 324 g/mol. The molecule has 0 amide bonds. The average Bonchev–Trinajstić information content (AvgIpc) is 2.66. The first-order valence-corrected chi connectivity index (χ1v) is 9.04. The zero-order valence-electron chi connectivity index (χ0n) is 15.2. The molecule has 0 atom stereocenters. The number of hydrogen-bond donors (Lipinski definition) is 2. The lowest BCUT2D eigenvalue weighted by Crippen LogP contribution is -2.25. The number of benzene rings is 1. The highest BCUT2D eigenvalue weighted by atomic mass is 16.2. The van der Waals surface area contributed by atoms with Crippen LogP contribution in [0.3, 0.4) is 0 Å². The first-order valence-electron chi connectivity index (χ1n) is 9.04. The van der Waals surface area contributed by atoms with Crippen LogP contribution in [0.5, 0.6) is 0 Å². The van der Waals surface area contributed by atoms with Crippen LogP contribution in [-0.4, -0.2) is 33.1 Å². The summed E-state index contributed by atoms with van der Waals surface area (Å²) in [5.74, 6) is 0.592. The Labute approximate surface area is 154 Å². The van der Waals surface area contributed by atoms with Gasteiger partial charge in [-0.25, -0.2) is 4.98 Å². The number of anilines is 1. The monoisotopic (exact) mass is 350 g/mol. The van der Waals surface area contributed by atoms with E-state index in [9.17, 15) is 0 Å². The lowest BCUT2D eigenvalue weighted by Gasteiger charge is -2.24. The lowest BCUT2D eigenvalue weighted by atomic mass is 10.0. The topological polar surface area (TPSA) is 75.3 Å². The summed E-state index contributed by atoms with van der Waals surface area (Å²) in [5, 5.41) is 11.5. The van der Waals surface area contributed by atoms with E-state index in [0.717, 1.165) is 43.4 Å². The smallest absolute Gasteiger partial charge is 0.126 e. The molecule has 3 aromatic rings. The van der Waals surface area contributed by atoms with Gasteiger partial charge in [-0.1, -0.05) is 18.2 Å². The molecule has 0 unspecified atom stereocenters. The van der Waals surface area contributed by atoms with Crippen molar-refractivity contribution < 1.29 is 5.11 Å². The van der Waals surface area contributed by atoms with Crippen LogP contribution < -0.4 is 5.73 Å². The normalized spacial score (nSPS) is 11.3. The molecular formula is C21H26N4O. The third-order valence-corrected chi connectivity index (χ3v) is 4.80. The molecule has 3 rings (SSSR count). The molecule has 136 valence electrons. The van der Waals surface area contributed by atoms with Crippen molar-refractivity contribution in [1.82, 2.24) is 14.9 Å². The number of aliphatic hydroxyl groups is 1. The molecule has 0 spiro atoms. The number of nitrogens with two attached hydrogens (primary N) is 1. The maximum atomic E-state index is 9.13. The van der Waals surface area contributed by atoms with E-state index in [1.54, 1.807) is 6.20 Å². The zero-order chi connectivity index (χ0) is 18.4. The zero-order valence-corrected chi connectivity index (χ0v) is 15.2. The second kappa shape index (κ2) is 8.74. The van der Waals surface area contributed by atoms with Crippen LogP contribution >= 0.6 is 0 Å². The number of nitrogens with zero attached hydrogens (tertiary/aromatic N) is 3. The molecule has 26 heavy (non-hydrogen) atoms. The van der Waals surface area contributed by atoms with Crippen LogP contribution in [0.15, 0.2) is 48.9 Å². The molecule has 2 aromatic heterocycles. The van der Waals surface area contributed by atoms with Crippen molar-refractivity contribution in [2.24, 2.45) is 0 Å². The van der Waals surface area contributed by atoms with E-state index in [2.05, 4.69) is 39.1 Å². The van der Waals surface area contributed by atoms with Crippen molar-refractivity contribution in [1.29, 1.82) is 0 Å². The van der Waals surface area contributed by atoms with Crippen LogP contribution in [-0.2, 0) is 13.1 Å². The molecule has 0 bridgehead atoms. The Hall–Kier alpha value is -2.50. The average molecular weight is 350 g/mol. The van der Waals surface area contributed by atoms with Crippen molar-refractivity contribution in [3.63, 3.8) is 0 Å². The van der Waals surface area contributed by atoms with E-state index < -0.39 is 0 Å². The van der Waals surface area contributed by atoms with E-state index in [0.29, 0.717) is 5.82 Å². The van der Waals surface area contributed by atoms with Gasteiger partial charge in [0.2, 0.25) is 0 Å². The minimum absolute atomic E-state index is 0.231. The standard InChI is InChI=1S/C21H26N4O/c1-16-18(7-10-24-21(16)22)14-25(11-2-3-12-26)15-19-6-4-5-17-13-23-9-8-20(17)19/h4-10,13,26H,2-3,11-12,14-15H2,1H3,(H2,22,24). The van der Waals surface area contributed by atoms with Crippen LogP contribution in [0, 0.1) is 6.92 Å².